The molecule has 0 fully saturated rings. The van der Waals surface area contributed by atoms with Crippen LogP contribution in [0.15, 0.2) is 34.7 Å². The Kier molecular flexibility index (Phi) is 5.76. The third kappa shape index (κ3) is 4.82. The van der Waals surface area contributed by atoms with Crippen LogP contribution in [0, 0.1) is 6.92 Å². The number of aromatic nitrogens is 2. The van der Waals surface area contributed by atoms with Crippen molar-refractivity contribution in [3.8, 4) is 0 Å². The van der Waals surface area contributed by atoms with E-state index in [4.69, 9.17) is 0 Å². The highest BCUT2D eigenvalue weighted by atomic mass is 32.2. The summed E-state index contributed by atoms with van der Waals surface area (Å²) in [5, 5.41) is 8.93. The Hall–Kier alpha value is -1.40. The fourth-order valence-electron chi connectivity index (χ4n) is 1.88. The quantitative estimate of drug-likeness (QED) is 0.765. The third-order valence-electron chi connectivity index (χ3n) is 2.97. The highest BCUT2D eigenvalue weighted by molar-refractivity contribution is 8.01. The number of carbonyl (C=O) groups excluding carboxylic acids is 1. The molecule has 1 heterocycles. The monoisotopic (exact) mass is 321 g/mol. The molecule has 0 spiro atoms. The highest BCUT2D eigenvalue weighted by Gasteiger charge is 2.18. The lowest BCUT2D eigenvalue weighted by Crippen LogP contribution is -2.37. The molecule has 0 aliphatic heterocycles. The van der Waals surface area contributed by atoms with E-state index in [1.807, 2.05) is 56.0 Å². The molecule has 0 atom stereocenters. The van der Waals surface area contributed by atoms with Gasteiger partial charge in [0.25, 0.3) is 0 Å². The van der Waals surface area contributed by atoms with Crippen LogP contribution >= 0.6 is 23.1 Å². The first kappa shape index (κ1) is 16.0. The van der Waals surface area contributed by atoms with Gasteiger partial charge in [0.1, 0.15) is 5.01 Å². The zero-order valence-electron chi connectivity index (χ0n) is 12.4. The minimum atomic E-state index is 0.131. The molecule has 112 valence electrons. The summed E-state index contributed by atoms with van der Waals surface area (Å²) < 4.78 is 0.851. The van der Waals surface area contributed by atoms with Gasteiger partial charge in [-0.1, -0.05) is 53.4 Å². The Morgan fingerprint density at radius 1 is 1.29 bits per heavy atom. The summed E-state index contributed by atoms with van der Waals surface area (Å²) in [5.41, 5.74) is 1.15. The lowest BCUT2D eigenvalue weighted by molar-refractivity contribution is -0.130. The highest BCUT2D eigenvalue weighted by Crippen LogP contribution is 2.22. The first-order valence-electron chi connectivity index (χ1n) is 6.82. The summed E-state index contributed by atoms with van der Waals surface area (Å²) in [6, 6.07) is 10.2. The van der Waals surface area contributed by atoms with Crippen LogP contribution in [0.25, 0.3) is 0 Å². The molecule has 1 aromatic heterocycles. The number of amides is 1. The molecule has 0 saturated heterocycles. The van der Waals surface area contributed by atoms with Crippen LogP contribution in [-0.4, -0.2) is 32.8 Å². The molecule has 21 heavy (non-hydrogen) atoms. The number of aryl methyl sites for hydroxylation is 1. The average molecular weight is 321 g/mol. The molecule has 6 heteroatoms. The van der Waals surface area contributed by atoms with E-state index >= 15 is 0 Å². The van der Waals surface area contributed by atoms with Crippen molar-refractivity contribution in [3.05, 3.63) is 40.9 Å². The Bertz CT molecular complexity index is 584. The van der Waals surface area contributed by atoms with Gasteiger partial charge in [-0.3, -0.25) is 4.79 Å². The van der Waals surface area contributed by atoms with E-state index in [1.54, 1.807) is 0 Å². The number of thioether (sulfide) groups is 1. The van der Waals surface area contributed by atoms with Crippen LogP contribution in [-0.2, 0) is 11.3 Å². The number of benzene rings is 1. The molecular weight excluding hydrogens is 302 g/mol. The van der Waals surface area contributed by atoms with E-state index in [2.05, 4.69) is 10.2 Å². The van der Waals surface area contributed by atoms with Gasteiger partial charge >= 0.3 is 0 Å². The summed E-state index contributed by atoms with van der Waals surface area (Å²) in [6.45, 7) is 6.65. The first-order valence-corrected chi connectivity index (χ1v) is 8.63. The second-order valence-corrected chi connectivity index (χ2v) is 7.38. The summed E-state index contributed by atoms with van der Waals surface area (Å²) in [4.78, 5) is 14.3. The molecule has 2 rings (SSSR count). The number of carbonyl (C=O) groups is 1. The normalized spacial score (nSPS) is 10.9. The van der Waals surface area contributed by atoms with Crippen LogP contribution in [0.3, 0.4) is 0 Å². The predicted octanol–water partition coefficient (Wildman–Crippen LogP) is 3.38. The fourth-order valence-corrected chi connectivity index (χ4v) is 3.58. The molecular formula is C15H19N3OS2. The number of hydrogen-bond donors (Lipinski definition) is 0. The Balaban J connectivity index is 1.95. The lowest BCUT2D eigenvalue weighted by Gasteiger charge is -2.26. The van der Waals surface area contributed by atoms with Crippen molar-refractivity contribution in [2.24, 2.45) is 0 Å². The number of rotatable bonds is 6. The molecule has 4 nitrogen and oxygen atoms in total. The smallest absolute Gasteiger partial charge is 0.233 e. The van der Waals surface area contributed by atoms with Crippen molar-refractivity contribution in [2.75, 3.05) is 5.75 Å². The van der Waals surface area contributed by atoms with E-state index in [9.17, 15) is 4.79 Å². The first-order chi connectivity index (χ1) is 10.1. The maximum atomic E-state index is 12.4. The molecule has 2 aromatic rings. The molecule has 0 saturated carbocycles. The lowest BCUT2D eigenvalue weighted by atomic mass is 10.2. The van der Waals surface area contributed by atoms with Crippen molar-refractivity contribution < 1.29 is 4.79 Å². The van der Waals surface area contributed by atoms with E-state index < -0.39 is 0 Å². The van der Waals surface area contributed by atoms with Crippen molar-refractivity contribution in [3.63, 3.8) is 0 Å². The van der Waals surface area contributed by atoms with Gasteiger partial charge in [0.2, 0.25) is 5.91 Å². The summed E-state index contributed by atoms with van der Waals surface area (Å²) in [7, 11) is 0. The standard InChI is InChI=1S/C15H19N3OS2/c1-11(2)18(9-13-7-5-4-6-8-13)14(19)10-20-15-17-16-12(3)21-15/h4-8,11H,9-10H2,1-3H3. The van der Waals surface area contributed by atoms with Crippen LogP contribution in [0.2, 0.25) is 0 Å². The zero-order valence-corrected chi connectivity index (χ0v) is 14.1. The summed E-state index contributed by atoms with van der Waals surface area (Å²) in [5.74, 6) is 0.534. The average Bonchev–Trinajstić information content (AvgIpc) is 2.89. The summed E-state index contributed by atoms with van der Waals surface area (Å²) in [6.07, 6.45) is 0. The Labute approximate surface area is 133 Å². The van der Waals surface area contributed by atoms with Gasteiger partial charge in [0.05, 0.1) is 5.75 Å². The van der Waals surface area contributed by atoms with Gasteiger partial charge in [-0.05, 0) is 26.3 Å². The van der Waals surface area contributed by atoms with Gasteiger partial charge in [0, 0.05) is 12.6 Å². The topological polar surface area (TPSA) is 46.1 Å². The van der Waals surface area contributed by atoms with Crippen LogP contribution in [0.5, 0.6) is 0 Å². The van der Waals surface area contributed by atoms with Gasteiger partial charge in [-0.15, -0.1) is 10.2 Å². The van der Waals surface area contributed by atoms with Crippen molar-refractivity contribution in [1.29, 1.82) is 0 Å². The van der Waals surface area contributed by atoms with Gasteiger partial charge in [-0.25, -0.2) is 0 Å². The molecule has 0 bridgehead atoms. The fraction of sp³-hybridized carbons (Fsp3) is 0.400. The maximum absolute atomic E-state index is 12.4. The SMILES string of the molecule is Cc1nnc(SCC(=O)N(Cc2ccccc2)C(C)C)s1. The van der Waals surface area contributed by atoms with Crippen molar-refractivity contribution in [1.82, 2.24) is 15.1 Å². The van der Waals surface area contributed by atoms with Gasteiger partial charge < -0.3 is 4.90 Å². The van der Waals surface area contributed by atoms with E-state index in [-0.39, 0.29) is 11.9 Å². The number of nitrogens with zero attached hydrogens (tertiary/aromatic N) is 3. The molecule has 0 radical (unpaired) electrons. The maximum Gasteiger partial charge on any atom is 0.233 e. The second-order valence-electron chi connectivity index (χ2n) is 4.98. The van der Waals surface area contributed by atoms with E-state index in [0.29, 0.717) is 12.3 Å². The third-order valence-corrected chi connectivity index (χ3v) is 4.92. The molecule has 0 N–H and O–H groups in total. The molecule has 0 aliphatic carbocycles. The largest absolute Gasteiger partial charge is 0.335 e. The molecule has 0 unspecified atom stereocenters. The Morgan fingerprint density at radius 3 is 2.57 bits per heavy atom. The second kappa shape index (κ2) is 7.56. The molecule has 1 amide bonds. The molecule has 1 aromatic carbocycles. The van der Waals surface area contributed by atoms with Crippen LogP contribution in [0.4, 0.5) is 0 Å². The van der Waals surface area contributed by atoms with E-state index in [1.165, 1.54) is 23.1 Å². The Morgan fingerprint density at radius 2 is 2.00 bits per heavy atom. The minimum Gasteiger partial charge on any atom is -0.335 e. The van der Waals surface area contributed by atoms with Gasteiger partial charge in [-0.2, -0.15) is 0 Å². The van der Waals surface area contributed by atoms with E-state index in [0.717, 1.165) is 14.9 Å². The van der Waals surface area contributed by atoms with Crippen molar-refractivity contribution >= 4 is 29.0 Å². The molecule has 0 aliphatic rings. The van der Waals surface area contributed by atoms with Gasteiger partial charge in [0.15, 0.2) is 4.34 Å². The minimum absolute atomic E-state index is 0.131. The van der Waals surface area contributed by atoms with Crippen molar-refractivity contribution in [2.45, 2.75) is 37.7 Å². The van der Waals surface area contributed by atoms with Crippen LogP contribution < -0.4 is 0 Å². The zero-order chi connectivity index (χ0) is 15.2. The predicted molar refractivity (Wildman–Crippen MR) is 87.5 cm³/mol. The number of hydrogen-bond acceptors (Lipinski definition) is 5. The van der Waals surface area contributed by atoms with Crippen LogP contribution in [0.1, 0.15) is 24.4 Å². The summed E-state index contributed by atoms with van der Waals surface area (Å²) >= 11 is 2.98.